The lowest BCUT2D eigenvalue weighted by molar-refractivity contribution is -0.384. The first-order valence-electron chi connectivity index (χ1n) is 9.96. The highest BCUT2D eigenvalue weighted by Crippen LogP contribution is 2.27. The molecule has 2 aromatic rings. The molecule has 1 aliphatic heterocycles. The van der Waals surface area contributed by atoms with Gasteiger partial charge in [-0.3, -0.25) is 14.9 Å². The van der Waals surface area contributed by atoms with E-state index in [1.807, 2.05) is 6.92 Å². The topological polar surface area (TPSA) is 110 Å². The Kier molecular flexibility index (Phi) is 6.84. The molecule has 1 fully saturated rings. The molecule has 3 rings (SSSR count). The van der Waals surface area contributed by atoms with Gasteiger partial charge in [0.05, 0.1) is 16.4 Å². The number of piperidine rings is 1. The van der Waals surface area contributed by atoms with Crippen molar-refractivity contribution < 1.29 is 18.1 Å². The summed E-state index contributed by atoms with van der Waals surface area (Å²) in [5, 5.41) is 13.8. The number of non-ortho nitro benzene ring substituents is 1. The molecule has 1 saturated heterocycles. The number of nitrogens with zero attached hydrogens (tertiary/aromatic N) is 2. The zero-order valence-electron chi connectivity index (χ0n) is 16.8. The van der Waals surface area contributed by atoms with E-state index in [9.17, 15) is 23.3 Å². The molecule has 9 heteroatoms. The summed E-state index contributed by atoms with van der Waals surface area (Å²) in [7, 11) is -3.55. The van der Waals surface area contributed by atoms with Gasteiger partial charge in [0.2, 0.25) is 10.0 Å². The van der Waals surface area contributed by atoms with Gasteiger partial charge in [0, 0.05) is 36.0 Å². The largest absolute Gasteiger partial charge is 0.378 e. The van der Waals surface area contributed by atoms with Crippen LogP contribution in [-0.2, 0) is 10.0 Å². The quantitative estimate of drug-likeness (QED) is 0.386. The predicted molar refractivity (Wildman–Crippen MR) is 114 cm³/mol. The molecule has 30 heavy (non-hydrogen) atoms. The Balaban J connectivity index is 1.66. The summed E-state index contributed by atoms with van der Waals surface area (Å²) in [6.07, 6.45) is 3.59. The molecule has 0 spiro atoms. The molecule has 0 bridgehead atoms. The predicted octanol–water partition coefficient (Wildman–Crippen LogP) is 3.84. The molecule has 1 N–H and O–H groups in total. The van der Waals surface area contributed by atoms with Gasteiger partial charge in [-0.25, -0.2) is 8.42 Å². The van der Waals surface area contributed by atoms with E-state index in [1.165, 1.54) is 36.4 Å². The minimum Gasteiger partial charge on any atom is -0.378 e. The van der Waals surface area contributed by atoms with Crippen molar-refractivity contribution in [3.8, 4) is 0 Å². The minimum absolute atomic E-state index is 0.0362. The van der Waals surface area contributed by atoms with E-state index >= 15 is 0 Å². The van der Waals surface area contributed by atoms with Gasteiger partial charge < -0.3 is 5.32 Å². The zero-order chi connectivity index (χ0) is 21.7. The van der Waals surface area contributed by atoms with Gasteiger partial charge in [-0.2, -0.15) is 4.31 Å². The highest BCUT2D eigenvalue weighted by Gasteiger charge is 2.32. The van der Waals surface area contributed by atoms with Crippen LogP contribution in [0.2, 0.25) is 0 Å². The number of nitro groups is 1. The molecule has 1 aliphatic rings. The average molecular weight is 432 g/mol. The zero-order valence-corrected chi connectivity index (χ0v) is 17.6. The summed E-state index contributed by atoms with van der Waals surface area (Å²) in [6.45, 7) is 2.49. The smallest absolute Gasteiger partial charge is 0.270 e. The van der Waals surface area contributed by atoms with Crippen molar-refractivity contribution in [2.75, 3.05) is 18.4 Å². The second kappa shape index (κ2) is 9.36. The summed E-state index contributed by atoms with van der Waals surface area (Å²) in [5.41, 5.74) is 0.698. The van der Waals surface area contributed by atoms with E-state index < -0.39 is 14.9 Å². The maximum absolute atomic E-state index is 13.0. The number of carbonyl (C=O) groups excluding carboxylic acids is 1. The number of nitrogens with one attached hydrogen (secondary N) is 1. The molecule has 1 unspecified atom stereocenters. The number of anilines is 1. The number of Topliss-reactive ketones (excluding diaryl/α,β-unsaturated/α-hetero) is 1. The Hall–Kier alpha value is -2.78. The van der Waals surface area contributed by atoms with E-state index in [4.69, 9.17) is 0 Å². The van der Waals surface area contributed by atoms with Crippen molar-refractivity contribution in [3.63, 3.8) is 0 Å². The average Bonchev–Trinajstić information content (AvgIpc) is 2.77. The number of nitro benzene ring substituents is 1. The maximum atomic E-state index is 13.0. The van der Waals surface area contributed by atoms with Gasteiger partial charge in [0.15, 0.2) is 5.78 Å². The van der Waals surface area contributed by atoms with Crippen molar-refractivity contribution in [2.45, 2.75) is 43.5 Å². The minimum atomic E-state index is -3.55. The molecule has 0 amide bonds. The van der Waals surface area contributed by atoms with Crippen LogP contribution in [-0.4, -0.2) is 42.6 Å². The number of carbonyl (C=O) groups is 1. The van der Waals surface area contributed by atoms with E-state index in [1.54, 1.807) is 16.4 Å². The molecule has 0 radical (unpaired) electrons. The number of rotatable bonds is 8. The first kappa shape index (κ1) is 21.9. The second-order valence-corrected chi connectivity index (χ2v) is 9.17. The van der Waals surface area contributed by atoms with Crippen LogP contribution in [0.1, 0.15) is 43.0 Å². The van der Waals surface area contributed by atoms with Crippen LogP contribution >= 0.6 is 0 Å². The van der Waals surface area contributed by atoms with Crippen LogP contribution in [0, 0.1) is 10.1 Å². The summed E-state index contributed by atoms with van der Waals surface area (Å²) in [5.74, 6) is -0.297. The van der Waals surface area contributed by atoms with Gasteiger partial charge in [0.25, 0.3) is 5.69 Å². The van der Waals surface area contributed by atoms with Crippen molar-refractivity contribution in [1.82, 2.24) is 4.31 Å². The fourth-order valence-corrected chi connectivity index (χ4v) is 5.42. The van der Waals surface area contributed by atoms with Crippen LogP contribution < -0.4 is 5.32 Å². The van der Waals surface area contributed by atoms with Gasteiger partial charge in [0.1, 0.15) is 0 Å². The van der Waals surface area contributed by atoms with E-state index in [-0.39, 0.29) is 34.5 Å². The Labute approximate surface area is 176 Å². The second-order valence-electron chi connectivity index (χ2n) is 7.28. The number of sulfonamides is 1. The third kappa shape index (κ3) is 4.85. The summed E-state index contributed by atoms with van der Waals surface area (Å²) >= 11 is 0. The number of hydrogen-bond donors (Lipinski definition) is 1. The highest BCUT2D eigenvalue weighted by atomic mass is 32.2. The third-order valence-electron chi connectivity index (χ3n) is 5.34. The standard InChI is InChI=1S/C21H25N3O5S/c1-2-18-7-3-4-13-23(18)30(28,29)20-11-9-17(10-12-20)22-15-21(25)16-6-5-8-19(14-16)24(26)27/h5-6,8-12,14,18,22H,2-4,7,13,15H2,1H3. The van der Waals surface area contributed by atoms with Crippen molar-refractivity contribution in [3.05, 3.63) is 64.2 Å². The SMILES string of the molecule is CCC1CCCCN1S(=O)(=O)c1ccc(NCC(=O)c2cccc([N+](=O)[O-])c2)cc1. The lowest BCUT2D eigenvalue weighted by Crippen LogP contribution is -2.43. The summed E-state index contributed by atoms with van der Waals surface area (Å²) < 4.78 is 27.6. The molecule has 8 nitrogen and oxygen atoms in total. The Bertz CT molecular complexity index is 1020. The Morgan fingerprint density at radius 3 is 2.60 bits per heavy atom. The maximum Gasteiger partial charge on any atom is 0.270 e. The van der Waals surface area contributed by atoms with Gasteiger partial charge in [-0.1, -0.05) is 25.5 Å². The van der Waals surface area contributed by atoms with Crippen LogP contribution in [0.25, 0.3) is 0 Å². The van der Waals surface area contributed by atoms with Crippen molar-refractivity contribution in [1.29, 1.82) is 0 Å². The lowest BCUT2D eigenvalue weighted by atomic mass is 10.0. The molecular formula is C21H25N3O5S. The molecule has 160 valence electrons. The van der Waals surface area contributed by atoms with Crippen molar-refractivity contribution >= 4 is 27.2 Å². The first-order chi connectivity index (χ1) is 14.3. The first-order valence-corrected chi connectivity index (χ1v) is 11.4. The van der Waals surface area contributed by atoms with Crippen LogP contribution in [0.5, 0.6) is 0 Å². The van der Waals surface area contributed by atoms with Crippen LogP contribution in [0.15, 0.2) is 53.4 Å². The number of hydrogen-bond acceptors (Lipinski definition) is 6. The highest BCUT2D eigenvalue weighted by molar-refractivity contribution is 7.89. The molecule has 0 aromatic heterocycles. The monoisotopic (exact) mass is 431 g/mol. The van der Waals surface area contributed by atoms with Gasteiger partial charge in [-0.05, 0) is 43.5 Å². The fourth-order valence-electron chi connectivity index (χ4n) is 3.66. The molecule has 1 heterocycles. The Morgan fingerprint density at radius 1 is 1.20 bits per heavy atom. The fraction of sp³-hybridized carbons (Fsp3) is 0.381. The lowest BCUT2D eigenvalue weighted by Gasteiger charge is -2.34. The van der Waals surface area contributed by atoms with E-state index in [0.717, 1.165) is 25.7 Å². The van der Waals surface area contributed by atoms with Gasteiger partial charge >= 0.3 is 0 Å². The molecule has 2 aromatic carbocycles. The number of benzene rings is 2. The van der Waals surface area contributed by atoms with E-state index in [0.29, 0.717) is 12.2 Å². The summed E-state index contributed by atoms with van der Waals surface area (Å²) in [6, 6.07) is 11.9. The molecule has 0 aliphatic carbocycles. The van der Waals surface area contributed by atoms with Crippen LogP contribution in [0.4, 0.5) is 11.4 Å². The van der Waals surface area contributed by atoms with Crippen molar-refractivity contribution in [2.24, 2.45) is 0 Å². The third-order valence-corrected chi connectivity index (χ3v) is 7.30. The number of ketones is 1. The molecule has 1 atom stereocenters. The Morgan fingerprint density at radius 2 is 1.93 bits per heavy atom. The molecular weight excluding hydrogens is 406 g/mol. The van der Waals surface area contributed by atoms with Gasteiger partial charge in [-0.15, -0.1) is 0 Å². The van der Waals surface area contributed by atoms with Crippen LogP contribution in [0.3, 0.4) is 0 Å². The van der Waals surface area contributed by atoms with E-state index in [2.05, 4.69) is 5.32 Å². The summed E-state index contributed by atoms with van der Waals surface area (Å²) in [4.78, 5) is 22.8. The normalized spacial score (nSPS) is 17.4. The molecule has 0 saturated carbocycles.